The first-order valence-corrected chi connectivity index (χ1v) is 7.21. The van der Waals surface area contributed by atoms with Gasteiger partial charge in [0.15, 0.2) is 0 Å². The summed E-state index contributed by atoms with van der Waals surface area (Å²) < 4.78 is 28.8. The molecule has 21 heavy (non-hydrogen) atoms. The van der Waals surface area contributed by atoms with Gasteiger partial charge in [0.2, 0.25) is 0 Å². The molecular formula is C18H21F2N. The third kappa shape index (κ3) is 2.98. The maximum Gasteiger partial charge on any atom is 0.134 e. The summed E-state index contributed by atoms with van der Waals surface area (Å²) in [5.41, 5.74) is 3.57. The molecule has 0 heterocycles. The lowest BCUT2D eigenvalue weighted by Gasteiger charge is -2.24. The van der Waals surface area contributed by atoms with Gasteiger partial charge in [-0.15, -0.1) is 0 Å². The maximum absolute atomic E-state index is 14.5. The van der Waals surface area contributed by atoms with Gasteiger partial charge >= 0.3 is 0 Å². The van der Waals surface area contributed by atoms with Crippen LogP contribution >= 0.6 is 0 Å². The number of benzene rings is 2. The molecular weight excluding hydrogens is 268 g/mol. The highest BCUT2D eigenvalue weighted by Crippen LogP contribution is 2.32. The Morgan fingerprint density at radius 3 is 2.10 bits per heavy atom. The summed E-state index contributed by atoms with van der Waals surface area (Å²) >= 11 is 0. The molecule has 0 fully saturated rings. The fourth-order valence-electron chi connectivity index (χ4n) is 2.78. The van der Waals surface area contributed by atoms with Gasteiger partial charge in [0.25, 0.3) is 0 Å². The van der Waals surface area contributed by atoms with E-state index >= 15 is 0 Å². The van der Waals surface area contributed by atoms with E-state index in [1.807, 2.05) is 39.0 Å². The van der Waals surface area contributed by atoms with Crippen molar-refractivity contribution in [3.8, 4) is 0 Å². The van der Waals surface area contributed by atoms with Crippen LogP contribution < -0.4 is 5.32 Å². The first kappa shape index (κ1) is 15.6. The predicted molar refractivity (Wildman–Crippen MR) is 82.5 cm³/mol. The topological polar surface area (TPSA) is 12.0 Å². The van der Waals surface area contributed by atoms with E-state index < -0.39 is 17.7 Å². The first-order valence-electron chi connectivity index (χ1n) is 7.21. The lowest BCUT2D eigenvalue weighted by molar-refractivity contribution is 0.505. The summed E-state index contributed by atoms with van der Waals surface area (Å²) in [5.74, 6) is -0.977. The van der Waals surface area contributed by atoms with Gasteiger partial charge in [-0.05, 0) is 55.6 Å². The molecule has 0 amide bonds. The molecule has 1 unspecified atom stereocenters. The Labute approximate surface area is 125 Å². The third-order valence-electron chi connectivity index (χ3n) is 3.85. The third-order valence-corrected chi connectivity index (χ3v) is 3.85. The van der Waals surface area contributed by atoms with Crippen molar-refractivity contribution in [2.45, 2.75) is 33.7 Å². The molecule has 2 aromatic carbocycles. The van der Waals surface area contributed by atoms with Crippen LogP contribution in [0.25, 0.3) is 0 Å². The minimum absolute atomic E-state index is 0.106. The second-order valence-corrected chi connectivity index (χ2v) is 5.39. The van der Waals surface area contributed by atoms with Crippen LogP contribution in [0.1, 0.15) is 40.8 Å². The second-order valence-electron chi connectivity index (χ2n) is 5.39. The van der Waals surface area contributed by atoms with Crippen LogP contribution in [0.5, 0.6) is 0 Å². The second kappa shape index (κ2) is 6.35. The largest absolute Gasteiger partial charge is 0.306 e. The van der Waals surface area contributed by atoms with Crippen molar-refractivity contribution < 1.29 is 8.78 Å². The first-order chi connectivity index (χ1) is 9.97. The molecule has 0 aliphatic rings. The molecule has 0 aliphatic heterocycles. The van der Waals surface area contributed by atoms with Gasteiger partial charge in [0.1, 0.15) is 11.6 Å². The van der Waals surface area contributed by atoms with E-state index in [4.69, 9.17) is 0 Å². The molecule has 1 N–H and O–H groups in total. The molecule has 0 bridgehead atoms. The minimum atomic E-state index is -0.508. The van der Waals surface area contributed by atoms with Gasteiger partial charge in [-0.1, -0.05) is 31.2 Å². The van der Waals surface area contributed by atoms with Gasteiger partial charge in [-0.2, -0.15) is 0 Å². The highest BCUT2D eigenvalue weighted by atomic mass is 19.1. The summed E-state index contributed by atoms with van der Waals surface area (Å²) in [6.45, 7) is 8.17. The summed E-state index contributed by atoms with van der Waals surface area (Å²) in [4.78, 5) is 0. The average molecular weight is 289 g/mol. The van der Waals surface area contributed by atoms with E-state index in [1.165, 1.54) is 12.1 Å². The van der Waals surface area contributed by atoms with Gasteiger partial charge in [0, 0.05) is 5.56 Å². The monoisotopic (exact) mass is 289 g/mol. The van der Waals surface area contributed by atoms with Crippen molar-refractivity contribution in [3.05, 3.63) is 69.8 Å². The van der Waals surface area contributed by atoms with E-state index in [-0.39, 0.29) is 5.56 Å². The van der Waals surface area contributed by atoms with Crippen molar-refractivity contribution in [2.75, 3.05) is 6.54 Å². The quantitative estimate of drug-likeness (QED) is 0.868. The molecule has 112 valence electrons. The van der Waals surface area contributed by atoms with Crippen molar-refractivity contribution in [1.82, 2.24) is 5.32 Å². The highest BCUT2D eigenvalue weighted by Gasteiger charge is 2.24. The molecule has 1 atom stereocenters. The van der Waals surface area contributed by atoms with Crippen LogP contribution in [0.4, 0.5) is 8.78 Å². The van der Waals surface area contributed by atoms with Crippen LogP contribution in [-0.4, -0.2) is 6.54 Å². The van der Waals surface area contributed by atoms with Crippen LogP contribution in [-0.2, 0) is 0 Å². The van der Waals surface area contributed by atoms with Crippen molar-refractivity contribution in [3.63, 3.8) is 0 Å². The average Bonchev–Trinajstić information content (AvgIpc) is 2.43. The lowest BCUT2D eigenvalue weighted by atomic mass is 9.90. The number of hydrogen-bond donors (Lipinski definition) is 1. The highest BCUT2D eigenvalue weighted by molar-refractivity contribution is 5.43. The zero-order chi connectivity index (χ0) is 15.6. The van der Waals surface area contributed by atoms with Crippen molar-refractivity contribution >= 4 is 0 Å². The Bertz CT molecular complexity index is 630. The molecule has 0 aromatic heterocycles. The van der Waals surface area contributed by atoms with Crippen LogP contribution in [0, 0.1) is 32.4 Å². The van der Waals surface area contributed by atoms with Gasteiger partial charge in [-0.3, -0.25) is 0 Å². The van der Waals surface area contributed by atoms with E-state index in [9.17, 15) is 8.78 Å². The standard InChI is InChI=1S/C18H21F2N/c1-5-21-18(15-11(2)7-6-8-12(15)3)16-14(19)10-9-13(4)17(16)20/h6-10,18,21H,5H2,1-4H3. The smallest absolute Gasteiger partial charge is 0.134 e. The number of nitrogens with one attached hydrogen (secondary N) is 1. The summed E-state index contributed by atoms with van der Waals surface area (Å²) in [6, 6.07) is 8.24. The maximum atomic E-state index is 14.5. The number of aryl methyl sites for hydroxylation is 3. The number of hydrogen-bond acceptors (Lipinski definition) is 1. The van der Waals surface area contributed by atoms with Crippen LogP contribution in [0.15, 0.2) is 30.3 Å². The van der Waals surface area contributed by atoms with Gasteiger partial charge in [0.05, 0.1) is 6.04 Å². The molecule has 0 saturated heterocycles. The van der Waals surface area contributed by atoms with Crippen LogP contribution in [0.2, 0.25) is 0 Å². The Kier molecular flexibility index (Phi) is 4.73. The molecule has 2 rings (SSSR count). The molecule has 0 aliphatic carbocycles. The van der Waals surface area contributed by atoms with E-state index in [0.29, 0.717) is 12.1 Å². The Balaban J connectivity index is 2.68. The van der Waals surface area contributed by atoms with Gasteiger partial charge < -0.3 is 5.32 Å². The zero-order valence-electron chi connectivity index (χ0n) is 12.9. The molecule has 2 aromatic rings. The minimum Gasteiger partial charge on any atom is -0.306 e. The fourth-order valence-corrected chi connectivity index (χ4v) is 2.78. The zero-order valence-corrected chi connectivity index (χ0v) is 12.9. The molecule has 0 spiro atoms. The fraction of sp³-hybridized carbons (Fsp3) is 0.333. The summed E-state index contributed by atoms with van der Waals surface area (Å²) in [6.07, 6.45) is 0. The Hall–Kier alpha value is -1.74. The molecule has 0 radical (unpaired) electrons. The normalized spacial score (nSPS) is 12.5. The van der Waals surface area contributed by atoms with Gasteiger partial charge in [-0.25, -0.2) is 8.78 Å². The van der Waals surface area contributed by atoms with E-state index in [0.717, 1.165) is 16.7 Å². The molecule has 0 saturated carbocycles. The van der Waals surface area contributed by atoms with Crippen LogP contribution in [0.3, 0.4) is 0 Å². The summed E-state index contributed by atoms with van der Waals surface area (Å²) in [7, 11) is 0. The number of rotatable bonds is 4. The van der Waals surface area contributed by atoms with E-state index in [1.54, 1.807) is 6.92 Å². The SMILES string of the molecule is CCNC(c1c(C)cccc1C)c1c(F)ccc(C)c1F. The van der Waals surface area contributed by atoms with Crippen molar-refractivity contribution in [1.29, 1.82) is 0 Å². The predicted octanol–water partition coefficient (Wildman–Crippen LogP) is 4.59. The molecule has 1 nitrogen and oxygen atoms in total. The number of halogens is 2. The van der Waals surface area contributed by atoms with E-state index in [2.05, 4.69) is 5.32 Å². The Morgan fingerprint density at radius 2 is 1.52 bits per heavy atom. The Morgan fingerprint density at radius 1 is 0.905 bits per heavy atom. The summed E-state index contributed by atoms with van der Waals surface area (Å²) in [5, 5.41) is 3.23. The lowest BCUT2D eigenvalue weighted by Crippen LogP contribution is -2.26. The van der Waals surface area contributed by atoms with Crippen molar-refractivity contribution in [2.24, 2.45) is 0 Å². The molecule has 3 heteroatoms.